The van der Waals surface area contributed by atoms with Crippen molar-refractivity contribution in [1.29, 1.82) is 0 Å². The first-order valence-electron chi connectivity index (χ1n) is 7.01. The van der Waals surface area contributed by atoms with Crippen LogP contribution in [0.5, 0.6) is 0 Å². The third-order valence-electron chi connectivity index (χ3n) is 4.50. The van der Waals surface area contributed by atoms with E-state index in [1.54, 1.807) is 0 Å². The van der Waals surface area contributed by atoms with E-state index in [0.717, 1.165) is 50.6 Å². The van der Waals surface area contributed by atoms with Crippen molar-refractivity contribution in [2.24, 2.45) is 23.7 Å². The molecule has 3 atom stereocenters. The zero-order valence-corrected chi connectivity index (χ0v) is 10.7. The highest BCUT2D eigenvalue weighted by Gasteiger charge is 2.34. The fourth-order valence-electron chi connectivity index (χ4n) is 3.82. The highest BCUT2D eigenvalue weighted by molar-refractivity contribution is 4.85. The summed E-state index contributed by atoms with van der Waals surface area (Å²) in [6.07, 6.45) is 5.09. The Bertz CT molecular complexity index is 203. The molecule has 2 fully saturated rings. The van der Waals surface area contributed by atoms with Crippen molar-refractivity contribution in [3.05, 3.63) is 0 Å². The maximum absolute atomic E-state index is 14.5. The first-order chi connectivity index (χ1) is 7.66. The molecule has 2 heteroatoms. The van der Waals surface area contributed by atoms with Crippen LogP contribution < -0.4 is 5.32 Å². The lowest BCUT2D eigenvalue weighted by Crippen LogP contribution is -2.37. The van der Waals surface area contributed by atoms with Crippen LogP contribution in [-0.4, -0.2) is 19.3 Å². The van der Waals surface area contributed by atoms with Crippen molar-refractivity contribution in [3.63, 3.8) is 0 Å². The van der Waals surface area contributed by atoms with Crippen LogP contribution in [0.3, 0.4) is 0 Å². The van der Waals surface area contributed by atoms with Gasteiger partial charge in [0.1, 0.15) is 6.17 Å². The van der Waals surface area contributed by atoms with E-state index in [1.807, 2.05) is 0 Å². The van der Waals surface area contributed by atoms with Gasteiger partial charge in [0.15, 0.2) is 0 Å². The van der Waals surface area contributed by atoms with Crippen LogP contribution in [0.25, 0.3) is 0 Å². The van der Waals surface area contributed by atoms with Crippen molar-refractivity contribution in [1.82, 2.24) is 5.32 Å². The molecule has 2 aliphatic rings. The molecular weight excluding hydrogens is 201 g/mol. The maximum Gasteiger partial charge on any atom is 0.106 e. The summed E-state index contributed by atoms with van der Waals surface area (Å²) in [5.74, 6) is 2.15. The third-order valence-corrected chi connectivity index (χ3v) is 4.50. The van der Waals surface area contributed by atoms with Gasteiger partial charge in [0.2, 0.25) is 0 Å². The molecule has 1 aliphatic heterocycles. The second-order valence-electron chi connectivity index (χ2n) is 6.21. The summed E-state index contributed by atoms with van der Waals surface area (Å²) in [7, 11) is 0. The first kappa shape index (κ1) is 12.3. The van der Waals surface area contributed by atoms with Gasteiger partial charge in [-0.25, -0.2) is 4.39 Å². The van der Waals surface area contributed by atoms with Crippen molar-refractivity contribution >= 4 is 0 Å². The Labute approximate surface area is 99.2 Å². The molecule has 16 heavy (non-hydrogen) atoms. The van der Waals surface area contributed by atoms with E-state index in [0.29, 0.717) is 11.8 Å². The summed E-state index contributed by atoms with van der Waals surface area (Å²) in [6, 6.07) is 0. The Balaban J connectivity index is 1.89. The van der Waals surface area contributed by atoms with Gasteiger partial charge < -0.3 is 5.32 Å². The zero-order valence-electron chi connectivity index (χ0n) is 10.7. The van der Waals surface area contributed by atoms with E-state index in [9.17, 15) is 4.39 Å². The minimum Gasteiger partial charge on any atom is -0.317 e. The van der Waals surface area contributed by atoms with Gasteiger partial charge in [-0.3, -0.25) is 0 Å². The van der Waals surface area contributed by atoms with Crippen molar-refractivity contribution in [2.75, 3.05) is 13.1 Å². The van der Waals surface area contributed by atoms with Crippen LogP contribution in [0.15, 0.2) is 0 Å². The van der Waals surface area contributed by atoms with E-state index in [2.05, 4.69) is 19.2 Å². The molecule has 0 radical (unpaired) electrons. The molecule has 0 aromatic rings. The molecule has 2 rings (SSSR count). The lowest BCUT2D eigenvalue weighted by molar-refractivity contribution is 0.0686. The number of nitrogens with one attached hydrogen (secondary N) is 1. The van der Waals surface area contributed by atoms with E-state index in [1.165, 1.54) is 6.42 Å². The molecule has 0 aromatic carbocycles. The Morgan fingerprint density at radius 3 is 2.06 bits per heavy atom. The number of alkyl halides is 1. The minimum atomic E-state index is -0.535. The highest BCUT2D eigenvalue weighted by Crippen LogP contribution is 2.39. The molecule has 94 valence electrons. The van der Waals surface area contributed by atoms with Gasteiger partial charge in [0.25, 0.3) is 0 Å². The second kappa shape index (κ2) is 5.48. The number of rotatable bonds is 2. The summed E-state index contributed by atoms with van der Waals surface area (Å²) < 4.78 is 14.5. The molecule has 1 heterocycles. The fourth-order valence-corrected chi connectivity index (χ4v) is 3.82. The standard InChI is InChI=1S/C14H26FN/c1-10-7-11(2)9-13(8-10)14(15)12-3-5-16-6-4-12/h10-14,16H,3-9H2,1-2H3. The number of hydrogen-bond acceptors (Lipinski definition) is 1. The summed E-state index contributed by atoms with van der Waals surface area (Å²) >= 11 is 0. The SMILES string of the molecule is CC1CC(C)CC(C(F)C2CCNCC2)C1. The van der Waals surface area contributed by atoms with Crippen LogP contribution in [0, 0.1) is 23.7 Å². The van der Waals surface area contributed by atoms with Crippen LogP contribution in [0.4, 0.5) is 4.39 Å². The fraction of sp³-hybridized carbons (Fsp3) is 1.00. The van der Waals surface area contributed by atoms with Gasteiger partial charge in [-0.15, -0.1) is 0 Å². The summed E-state index contributed by atoms with van der Waals surface area (Å²) in [5, 5.41) is 3.32. The first-order valence-corrected chi connectivity index (χ1v) is 7.01. The average Bonchev–Trinajstić information content (AvgIpc) is 2.28. The van der Waals surface area contributed by atoms with E-state index >= 15 is 0 Å². The van der Waals surface area contributed by atoms with Crippen molar-refractivity contribution < 1.29 is 4.39 Å². The second-order valence-corrected chi connectivity index (χ2v) is 6.21. The van der Waals surface area contributed by atoms with E-state index < -0.39 is 6.17 Å². The molecule has 1 saturated heterocycles. The Morgan fingerprint density at radius 2 is 1.50 bits per heavy atom. The van der Waals surface area contributed by atoms with Gasteiger partial charge >= 0.3 is 0 Å². The molecule has 1 N–H and O–H groups in total. The molecule has 3 unspecified atom stereocenters. The summed E-state index contributed by atoms with van der Waals surface area (Å²) in [4.78, 5) is 0. The lowest BCUT2D eigenvalue weighted by atomic mass is 9.71. The molecule has 1 saturated carbocycles. The van der Waals surface area contributed by atoms with Crippen LogP contribution in [0.2, 0.25) is 0 Å². The van der Waals surface area contributed by atoms with Gasteiger partial charge in [-0.05, 0) is 68.9 Å². The molecule has 0 spiro atoms. The highest BCUT2D eigenvalue weighted by atomic mass is 19.1. The Morgan fingerprint density at radius 1 is 0.938 bits per heavy atom. The number of piperidine rings is 1. The Hall–Kier alpha value is -0.110. The smallest absolute Gasteiger partial charge is 0.106 e. The largest absolute Gasteiger partial charge is 0.317 e. The normalized spacial score (nSPS) is 39.6. The summed E-state index contributed by atoms with van der Waals surface area (Å²) in [5.41, 5.74) is 0. The topological polar surface area (TPSA) is 12.0 Å². The van der Waals surface area contributed by atoms with Gasteiger partial charge in [0, 0.05) is 0 Å². The molecule has 0 aromatic heterocycles. The lowest BCUT2D eigenvalue weighted by Gasteiger charge is -2.37. The van der Waals surface area contributed by atoms with Gasteiger partial charge in [-0.2, -0.15) is 0 Å². The molecule has 1 aliphatic carbocycles. The van der Waals surface area contributed by atoms with Gasteiger partial charge in [0.05, 0.1) is 0 Å². The number of hydrogen-bond donors (Lipinski definition) is 1. The van der Waals surface area contributed by atoms with Crippen LogP contribution >= 0.6 is 0 Å². The number of halogens is 1. The van der Waals surface area contributed by atoms with Crippen molar-refractivity contribution in [3.8, 4) is 0 Å². The molecule has 1 nitrogen and oxygen atoms in total. The maximum atomic E-state index is 14.5. The quantitative estimate of drug-likeness (QED) is 0.762. The molecular formula is C14H26FN. The Kier molecular flexibility index (Phi) is 4.23. The zero-order chi connectivity index (χ0) is 11.5. The van der Waals surface area contributed by atoms with Gasteiger partial charge in [-0.1, -0.05) is 13.8 Å². The van der Waals surface area contributed by atoms with E-state index in [-0.39, 0.29) is 0 Å². The molecule has 0 amide bonds. The third kappa shape index (κ3) is 2.97. The average molecular weight is 227 g/mol. The monoisotopic (exact) mass is 227 g/mol. The van der Waals surface area contributed by atoms with Crippen molar-refractivity contribution in [2.45, 2.75) is 52.1 Å². The predicted molar refractivity (Wildman–Crippen MR) is 66.2 cm³/mol. The minimum absolute atomic E-state index is 0.337. The molecule has 0 bridgehead atoms. The van der Waals surface area contributed by atoms with E-state index in [4.69, 9.17) is 0 Å². The predicted octanol–water partition coefficient (Wildman–Crippen LogP) is 3.40. The van der Waals surface area contributed by atoms with Crippen LogP contribution in [0.1, 0.15) is 46.0 Å². The summed E-state index contributed by atoms with van der Waals surface area (Å²) in [6.45, 7) is 6.61. The van der Waals surface area contributed by atoms with Crippen LogP contribution in [-0.2, 0) is 0 Å².